The summed E-state index contributed by atoms with van der Waals surface area (Å²) in [5, 5.41) is 41.8. The number of rotatable bonds is 7. The highest BCUT2D eigenvalue weighted by Gasteiger charge is 2.24. The lowest BCUT2D eigenvalue weighted by molar-refractivity contribution is 0.397. The highest BCUT2D eigenvalue weighted by atomic mass is 16.4. The maximum Gasteiger partial charge on any atom is 0.204 e. The van der Waals surface area contributed by atoms with Crippen LogP contribution in [0, 0.1) is 0 Å². The molecule has 6 heteroatoms. The number of phenolic OH excluding ortho intramolecular Hbond substituents is 4. The van der Waals surface area contributed by atoms with Crippen LogP contribution in [-0.4, -0.2) is 20.4 Å². The molecule has 6 nitrogen and oxygen atoms in total. The third kappa shape index (κ3) is 5.11. The summed E-state index contributed by atoms with van der Waals surface area (Å²) in [5.41, 5.74) is 3.58. The molecule has 180 valence electrons. The highest BCUT2D eigenvalue weighted by molar-refractivity contribution is 5.99. The normalized spacial score (nSPS) is 11.7. The lowest BCUT2D eigenvalue weighted by Gasteiger charge is -2.15. The zero-order chi connectivity index (χ0) is 25.2. The number of allylic oxidation sites excluding steroid dienone is 6. The van der Waals surface area contributed by atoms with Gasteiger partial charge < -0.3 is 24.8 Å². The molecule has 4 N–H and O–H groups in total. The van der Waals surface area contributed by atoms with Gasteiger partial charge >= 0.3 is 0 Å². The van der Waals surface area contributed by atoms with Gasteiger partial charge in [0.25, 0.3) is 0 Å². The Balaban J connectivity index is 2.28. The third-order valence-electron chi connectivity index (χ3n) is 5.81. The van der Waals surface area contributed by atoms with Crippen LogP contribution in [-0.2, 0) is 12.8 Å². The Labute approximate surface area is 198 Å². The number of benzene rings is 2. The zero-order valence-corrected chi connectivity index (χ0v) is 20.3. The predicted molar refractivity (Wildman–Crippen MR) is 136 cm³/mol. The van der Waals surface area contributed by atoms with E-state index in [1.54, 1.807) is 0 Å². The molecule has 0 fully saturated rings. The summed E-state index contributed by atoms with van der Waals surface area (Å²) in [6.45, 7) is 9.99. The van der Waals surface area contributed by atoms with E-state index in [1.165, 1.54) is 11.6 Å². The fourth-order valence-electron chi connectivity index (χ4n) is 3.99. The minimum atomic E-state index is -0.539. The van der Waals surface area contributed by atoms with Crippen LogP contribution in [0.4, 0.5) is 0 Å². The van der Waals surface area contributed by atoms with Crippen LogP contribution < -0.4 is 5.43 Å². The Hall–Kier alpha value is -3.67. The van der Waals surface area contributed by atoms with Crippen molar-refractivity contribution < 1.29 is 24.8 Å². The van der Waals surface area contributed by atoms with Gasteiger partial charge in [-0.3, -0.25) is 4.79 Å². The van der Waals surface area contributed by atoms with Crippen LogP contribution in [0.2, 0.25) is 0 Å². The van der Waals surface area contributed by atoms with Crippen LogP contribution in [0.1, 0.15) is 58.6 Å². The molecule has 0 spiro atoms. The summed E-state index contributed by atoms with van der Waals surface area (Å²) in [6, 6.07) is 2.26. The molecular formula is C28H32O6. The van der Waals surface area contributed by atoms with E-state index in [1.807, 2.05) is 32.9 Å². The van der Waals surface area contributed by atoms with Gasteiger partial charge in [0.15, 0.2) is 11.3 Å². The third-order valence-corrected chi connectivity index (χ3v) is 5.81. The molecule has 3 aromatic rings. The standard InChI is InChI=1S/C28H32O6/c1-15(2)7-6-8-17(5)10-12-20-19(11-9-16(3)4)23-26(32)24-21(30)13-18(29)14-22(24)34-28(23)27(33)25(20)31/h7,9-10,13-14,29-31,33H,6,8,11-12H2,1-5H3. The van der Waals surface area contributed by atoms with Crippen molar-refractivity contribution in [3.8, 4) is 23.0 Å². The second-order valence-corrected chi connectivity index (χ2v) is 9.19. The van der Waals surface area contributed by atoms with Crippen LogP contribution in [0.15, 0.2) is 56.3 Å². The van der Waals surface area contributed by atoms with Crippen molar-refractivity contribution in [2.45, 2.75) is 60.3 Å². The Kier molecular flexibility index (Phi) is 7.40. The van der Waals surface area contributed by atoms with Crippen molar-refractivity contribution >= 4 is 21.9 Å². The fourth-order valence-corrected chi connectivity index (χ4v) is 3.99. The molecule has 0 bridgehead atoms. The molecule has 0 aliphatic carbocycles. The maximum atomic E-state index is 13.5. The fraction of sp³-hybridized carbons (Fsp3) is 0.321. The minimum Gasteiger partial charge on any atom is -0.508 e. The van der Waals surface area contributed by atoms with E-state index in [2.05, 4.69) is 19.9 Å². The van der Waals surface area contributed by atoms with Crippen molar-refractivity contribution in [1.29, 1.82) is 0 Å². The van der Waals surface area contributed by atoms with Crippen LogP contribution in [0.3, 0.4) is 0 Å². The first-order valence-corrected chi connectivity index (χ1v) is 11.3. The molecule has 0 amide bonds. The molecule has 2 aromatic carbocycles. The average molecular weight is 465 g/mol. The van der Waals surface area contributed by atoms with Gasteiger partial charge in [-0.25, -0.2) is 0 Å². The summed E-state index contributed by atoms with van der Waals surface area (Å²) in [7, 11) is 0. The van der Waals surface area contributed by atoms with Crippen molar-refractivity contribution in [3.63, 3.8) is 0 Å². The highest BCUT2D eigenvalue weighted by Crippen LogP contribution is 2.42. The van der Waals surface area contributed by atoms with Gasteiger partial charge in [0.05, 0.1) is 5.39 Å². The van der Waals surface area contributed by atoms with E-state index < -0.39 is 16.9 Å². The molecule has 0 unspecified atom stereocenters. The molecule has 0 atom stereocenters. The summed E-state index contributed by atoms with van der Waals surface area (Å²) in [5.74, 6) is -1.58. The Morgan fingerprint density at radius 3 is 2.12 bits per heavy atom. The van der Waals surface area contributed by atoms with Crippen molar-refractivity contribution in [2.75, 3.05) is 0 Å². The summed E-state index contributed by atoms with van der Waals surface area (Å²) >= 11 is 0. The minimum absolute atomic E-state index is 0.0828. The second-order valence-electron chi connectivity index (χ2n) is 9.19. The van der Waals surface area contributed by atoms with E-state index in [-0.39, 0.29) is 33.4 Å². The average Bonchev–Trinajstić information content (AvgIpc) is 2.73. The van der Waals surface area contributed by atoms with E-state index in [0.717, 1.165) is 30.1 Å². The number of hydrogen-bond acceptors (Lipinski definition) is 6. The van der Waals surface area contributed by atoms with Crippen molar-refractivity contribution in [3.05, 3.63) is 68.4 Å². The van der Waals surface area contributed by atoms with E-state index in [9.17, 15) is 25.2 Å². The second kappa shape index (κ2) is 10.1. The van der Waals surface area contributed by atoms with Crippen molar-refractivity contribution in [2.24, 2.45) is 0 Å². The van der Waals surface area contributed by atoms with E-state index in [0.29, 0.717) is 24.0 Å². The first kappa shape index (κ1) is 25.0. The van der Waals surface area contributed by atoms with Gasteiger partial charge in [-0.15, -0.1) is 0 Å². The van der Waals surface area contributed by atoms with Crippen LogP contribution in [0.5, 0.6) is 23.0 Å². The van der Waals surface area contributed by atoms with E-state index in [4.69, 9.17) is 4.42 Å². The SMILES string of the molecule is CC(C)=CCCC(C)=CCc1c(O)c(O)c2oc3cc(O)cc(O)c3c(=O)c2c1CC=C(C)C. The van der Waals surface area contributed by atoms with E-state index >= 15 is 0 Å². The van der Waals surface area contributed by atoms with Gasteiger partial charge in [-0.1, -0.05) is 34.9 Å². The number of aromatic hydroxyl groups is 4. The molecule has 0 aliphatic heterocycles. The van der Waals surface area contributed by atoms with Crippen LogP contribution in [0.25, 0.3) is 21.9 Å². The molecule has 1 heterocycles. The van der Waals surface area contributed by atoms with Crippen molar-refractivity contribution in [1.82, 2.24) is 0 Å². The van der Waals surface area contributed by atoms with Gasteiger partial charge in [0.1, 0.15) is 22.5 Å². The number of hydrogen-bond donors (Lipinski definition) is 4. The first-order valence-electron chi connectivity index (χ1n) is 11.3. The lowest BCUT2D eigenvalue weighted by atomic mass is 9.93. The molecule has 0 saturated heterocycles. The molecule has 0 aliphatic rings. The first-order chi connectivity index (χ1) is 16.0. The van der Waals surface area contributed by atoms with Gasteiger partial charge in [-0.05, 0) is 65.9 Å². The molecule has 34 heavy (non-hydrogen) atoms. The molecule has 0 radical (unpaired) electrons. The van der Waals surface area contributed by atoms with Crippen LogP contribution >= 0.6 is 0 Å². The molecule has 0 saturated carbocycles. The monoisotopic (exact) mass is 464 g/mol. The maximum absolute atomic E-state index is 13.5. The molecule has 3 rings (SSSR count). The van der Waals surface area contributed by atoms with Gasteiger partial charge in [0, 0.05) is 17.7 Å². The summed E-state index contributed by atoms with van der Waals surface area (Å²) in [6.07, 6.45) is 8.51. The molecule has 1 aromatic heterocycles. The topological polar surface area (TPSA) is 111 Å². The predicted octanol–water partition coefficient (Wildman–Crippen LogP) is 6.51. The lowest BCUT2D eigenvalue weighted by Crippen LogP contribution is -2.08. The number of phenols is 4. The summed E-state index contributed by atoms with van der Waals surface area (Å²) < 4.78 is 5.73. The summed E-state index contributed by atoms with van der Waals surface area (Å²) in [4.78, 5) is 13.5. The van der Waals surface area contributed by atoms with Gasteiger partial charge in [-0.2, -0.15) is 0 Å². The molecular weight excluding hydrogens is 432 g/mol. The van der Waals surface area contributed by atoms with Gasteiger partial charge in [0.2, 0.25) is 11.2 Å². The largest absolute Gasteiger partial charge is 0.508 e. The zero-order valence-electron chi connectivity index (χ0n) is 20.3. The quantitative estimate of drug-likeness (QED) is 0.180. The smallest absolute Gasteiger partial charge is 0.204 e. The Bertz CT molecular complexity index is 1390. The Morgan fingerprint density at radius 1 is 0.824 bits per heavy atom. The number of fused-ring (bicyclic) bond motifs is 2. The Morgan fingerprint density at radius 2 is 1.47 bits per heavy atom.